The number of halogens is 1. The van der Waals surface area contributed by atoms with Crippen molar-refractivity contribution in [2.24, 2.45) is 0 Å². The molecule has 2 aromatic carbocycles. The number of thiocarbonyl (C=S) groups is 1. The molecule has 3 N–H and O–H groups in total. The third kappa shape index (κ3) is 6.42. The van der Waals surface area contributed by atoms with E-state index in [9.17, 15) is 4.79 Å². The number of benzene rings is 2. The number of ether oxygens (including phenoxy) is 2. The zero-order valence-corrected chi connectivity index (χ0v) is 16.0. The number of hydrogen-bond donors (Lipinski definition) is 3. The van der Waals surface area contributed by atoms with Gasteiger partial charge in [0.15, 0.2) is 11.2 Å². The molecule has 138 valence electrons. The molecule has 0 spiro atoms. The average molecular weight is 394 g/mol. The van der Waals surface area contributed by atoms with Gasteiger partial charge in [-0.2, -0.15) is 0 Å². The Morgan fingerprint density at radius 2 is 1.69 bits per heavy atom. The molecule has 2 aromatic rings. The van der Waals surface area contributed by atoms with Crippen molar-refractivity contribution in [1.82, 2.24) is 10.9 Å². The lowest BCUT2D eigenvalue weighted by Crippen LogP contribution is -2.48. The minimum atomic E-state index is -0.709. The summed E-state index contributed by atoms with van der Waals surface area (Å²) >= 11 is 10.9. The maximum atomic E-state index is 12.1. The van der Waals surface area contributed by atoms with Gasteiger partial charge >= 0.3 is 0 Å². The van der Waals surface area contributed by atoms with Crippen molar-refractivity contribution < 1.29 is 14.3 Å². The Kier molecular flexibility index (Phi) is 7.50. The van der Waals surface area contributed by atoms with Crippen LogP contribution in [0.3, 0.4) is 0 Å². The molecule has 0 radical (unpaired) electrons. The Balaban J connectivity index is 1.77. The van der Waals surface area contributed by atoms with Crippen LogP contribution in [0.2, 0.25) is 5.02 Å². The predicted octanol–water partition coefficient (Wildman–Crippen LogP) is 3.52. The van der Waals surface area contributed by atoms with Crippen LogP contribution in [0.1, 0.15) is 13.8 Å². The summed E-state index contributed by atoms with van der Waals surface area (Å²) in [6.07, 6.45) is -0.709. The highest BCUT2D eigenvalue weighted by molar-refractivity contribution is 7.80. The van der Waals surface area contributed by atoms with Crippen LogP contribution in [-0.4, -0.2) is 23.7 Å². The summed E-state index contributed by atoms with van der Waals surface area (Å²) < 4.78 is 10.9. The molecule has 0 heterocycles. The summed E-state index contributed by atoms with van der Waals surface area (Å²) in [5.74, 6) is 0.953. The maximum absolute atomic E-state index is 12.1. The van der Waals surface area contributed by atoms with E-state index in [1.54, 1.807) is 55.5 Å². The third-order valence-electron chi connectivity index (χ3n) is 3.22. The van der Waals surface area contributed by atoms with Crippen molar-refractivity contribution in [2.75, 3.05) is 11.9 Å². The van der Waals surface area contributed by atoms with Crippen molar-refractivity contribution in [2.45, 2.75) is 20.0 Å². The first-order valence-corrected chi connectivity index (χ1v) is 8.78. The third-order valence-corrected chi connectivity index (χ3v) is 3.67. The van der Waals surface area contributed by atoms with Gasteiger partial charge in [0.05, 0.1) is 6.61 Å². The summed E-state index contributed by atoms with van der Waals surface area (Å²) in [4.78, 5) is 12.1. The van der Waals surface area contributed by atoms with E-state index in [2.05, 4.69) is 16.2 Å². The van der Waals surface area contributed by atoms with Gasteiger partial charge in [0.2, 0.25) is 0 Å². The fourth-order valence-corrected chi connectivity index (χ4v) is 2.25. The summed E-state index contributed by atoms with van der Waals surface area (Å²) in [5.41, 5.74) is 5.87. The van der Waals surface area contributed by atoms with Gasteiger partial charge in [-0.25, -0.2) is 0 Å². The number of nitrogens with one attached hydrogen (secondary N) is 3. The molecule has 1 amide bonds. The number of hydrogen-bond acceptors (Lipinski definition) is 4. The first-order chi connectivity index (χ1) is 12.5. The van der Waals surface area contributed by atoms with Crippen LogP contribution in [0.15, 0.2) is 48.5 Å². The molecule has 0 unspecified atom stereocenters. The van der Waals surface area contributed by atoms with Crippen molar-refractivity contribution in [3.8, 4) is 11.5 Å². The number of carbonyl (C=O) groups excluding carboxylic acids is 1. The normalized spacial score (nSPS) is 11.2. The Bertz CT molecular complexity index is 738. The van der Waals surface area contributed by atoms with Crippen LogP contribution in [0.5, 0.6) is 11.5 Å². The van der Waals surface area contributed by atoms with E-state index < -0.39 is 6.10 Å². The molecule has 8 heteroatoms. The molecular formula is C18H20ClN3O3S. The number of anilines is 1. The van der Waals surface area contributed by atoms with E-state index >= 15 is 0 Å². The molecule has 6 nitrogen and oxygen atoms in total. The van der Waals surface area contributed by atoms with Crippen LogP contribution >= 0.6 is 23.8 Å². The molecule has 0 aliphatic rings. The quantitative estimate of drug-likeness (QED) is 0.515. The molecule has 0 aromatic heterocycles. The lowest BCUT2D eigenvalue weighted by molar-refractivity contribution is -0.127. The molecule has 1 atom stereocenters. The standard InChI is InChI=1S/C18H20ClN3O3S/c1-3-24-15-8-10-16(11-9-15)25-12(2)17(23)21-22-18(26)20-14-6-4-13(19)5-7-14/h4-12H,3H2,1-2H3,(H,21,23)(H2,20,22,26)/t12-/m0/s1. The number of rotatable bonds is 6. The van der Waals surface area contributed by atoms with E-state index in [1.165, 1.54) is 0 Å². The molecule has 26 heavy (non-hydrogen) atoms. The molecule has 0 saturated heterocycles. The summed E-state index contributed by atoms with van der Waals surface area (Å²) in [6.45, 7) is 4.15. The van der Waals surface area contributed by atoms with E-state index in [1.807, 2.05) is 6.92 Å². The SMILES string of the molecule is CCOc1ccc(O[C@@H](C)C(=O)NNC(=S)Nc2ccc(Cl)cc2)cc1. The lowest BCUT2D eigenvalue weighted by atomic mass is 10.3. The van der Waals surface area contributed by atoms with Gasteiger partial charge in [-0.1, -0.05) is 11.6 Å². The second-order valence-electron chi connectivity index (χ2n) is 5.24. The summed E-state index contributed by atoms with van der Waals surface area (Å²) in [6, 6.07) is 14.1. The minimum absolute atomic E-state index is 0.244. The first-order valence-electron chi connectivity index (χ1n) is 8.00. The first kappa shape index (κ1) is 19.8. The van der Waals surface area contributed by atoms with Crippen LogP contribution in [0.4, 0.5) is 5.69 Å². The van der Waals surface area contributed by atoms with E-state index in [0.717, 1.165) is 11.4 Å². The second kappa shape index (κ2) is 9.84. The number of amides is 1. The Hall–Kier alpha value is -2.51. The highest BCUT2D eigenvalue weighted by Gasteiger charge is 2.14. The molecule has 0 fully saturated rings. The minimum Gasteiger partial charge on any atom is -0.494 e. The molecule has 0 bridgehead atoms. The van der Waals surface area contributed by atoms with Gasteiger partial charge < -0.3 is 14.8 Å². The van der Waals surface area contributed by atoms with Crippen molar-refractivity contribution in [3.05, 3.63) is 53.6 Å². The van der Waals surface area contributed by atoms with Gasteiger partial charge in [-0.3, -0.25) is 15.6 Å². The number of hydrazine groups is 1. The second-order valence-corrected chi connectivity index (χ2v) is 6.08. The van der Waals surface area contributed by atoms with Gasteiger partial charge in [0.25, 0.3) is 5.91 Å². The summed E-state index contributed by atoms with van der Waals surface area (Å²) in [5, 5.41) is 3.80. The molecule has 0 aliphatic heterocycles. The average Bonchev–Trinajstić information content (AvgIpc) is 2.63. The molecule has 2 rings (SSSR count). The largest absolute Gasteiger partial charge is 0.494 e. The zero-order chi connectivity index (χ0) is 18.9. The zero-order valence-electron chi connectivity index (χ0n) is 14.4. The van der Waals surface area contributed by atoms with Crippen LogP contribution in [0.25, 0.3) is 0 Å². The Morgan fingerprint density at radius 3 is 2.31 bits per heavy atom. The topological polar surface area (TPSA) is 71.6 Å². The molecule has 0 aliphatic carbocycles. The predicted molar refractivity (Wildman–Crippen MR) is 107 cm³/mol. The van der Waals surface area contributed by atoms with Gasteiger partial charge in [-0.05, 0) is 74.6 Å². The Morgan fingerprint density at radius 1 is 1.08 bits per heavy atom. The monoisotopic (exact) mass is 393 g/mol. The fraction of sp³-hybridized carbons (Fsp3) is 0.222. The van der Waals surface area contributed by atoms with Crippen LogP contribution in [0, 0.1) is 0 Å². The van der Waals surface area contributed by atoms with Crippen molar-refractivity contribution >= 4 is 40.5 Å². The van der Waals surface area contributed by atoms with E-state index in [-0.39, 0.29) is 11.0 Å². The van der Waals surface area contributed by atoms with Crippen molar-refractivity contribution in [1.29, 1.82) is 0 Å². The van der Waals surface area contributed by atoms with Crippen LogP contribution < -0.4 is 25.6 Å². The van der Waals surface area contributed by atoms with Gasteiger partial charge in [0.1, 0.15) is 11.5 Å². The van der Waals surface area contributed by atoms with Crippen molar-refractivity contribution in [3.63, 3.8) is 0 Å². The van der Waals surface area contributed by atoms with Gasteiger partial charge in [-0.15, -0.1) is 0 Å². The lowest BCUT2D eigenvalue weighted by Gasteiger charge is -2.16. The van der Waals surface area contributed by atoms with E-state index in [0.29, 0.717) is 17.4 Å². The maximum Gasteiger partial charge on any atom is 0.279 e. The number of carbonyl (C=O) groups is 1. The summed E-state index contributed by atoms with van der Waals surface area (Å²) in [7, 11) is 0. The Labute approximate surface area is 162 Å². The van der Waals surface area contributed by atoms with Gasteiger partial charge in [0, 0.05) is 10.7 Å². The molecule has 0 saturated carbocycles. The highest BCUT2D eigenvalue weighted by Crippen LogP contribution is 2.18. The smallest absolute Gasteiger partial charge is 0.279 e. The molecular weight excluding hydrogens is 374 g/mol. The van der Waals surface area contributed by atoms with E-state index in [4.69, 9.17) is 33.3 Å². The highest BCUT2D eigenvalue weighted by atomic mass is 35.5. The van der Waals surface area contributed by atoms with Crippen LogP contribution in [-0.2, 0) is 4.79 Å². The fourth-order valence-electron chi connectivity index (χ4n) is 1.95.